The van der Waals surface area contributed by atoms with Gasteiger partial charge in [0.2, 0.25) is 0 Å². The van der Waals surface area contributed by atoms with Crippen molar-refractivity contribution in [2.75, 3.05) is 13.7 Å². The van der Waals surface area contributed by atoms with Crippen LogP contribution in [0.3, 0.4) is 0 Å². The molecule has 3 heteroatoms. The van der Waals surface area contributed by atoms with Crippen molar-refractivity contribution < 1.29 is 9.47 Å². The minimum atomic E-state index is 0.262. The molecule has 2 aliphatic rings. The highest BCUT2D eigenvalue weighted by molar-refractivity contribution is 4.98. The van der Waals surface area contributed by atoms with E-state index in [9.17, 15) is 0 Å². The summed E-state index contributed by atoms with van der Waals surface area (Å²) in [4.78, 5) is 0. The number of methoxy groups -OCH3 is 1. The normalized spacial score (nSPS) is 35.3. The van der Waals surface area contributed by atoms with Crippen molar-refractivity contribution in [1.82, 2.24) is 5.32 Å². The van der Waals surface area contributed by atoms with Crippen LogP contribution in [-0.4, -0.2) is 38.0 Å². The number of hydrogen-bond donors (Lipinski definition) is 1. The van der Waals surface area contributed by atoms with E-state index in [0.29, 0.717) is 18.2 Å². The predicted octanol–water partition coefficient (Wildman–Crippen LogP) is 2.49. The maximum atomic E-state index is 5.66. The lowest BCUT2D eigenvalue weighted by Crippen LogP contribution is -2.61. The van der Waals surface area contributed by atoms with Crippen LogP contribution in [0, 0.1) is 0 Å². The van der Waals surface area contributed by atoms with Gasteiger partial charge in [0.05, 0.1) is 12.2 Å². The van der Waals surface area contributed by atoms with Crippen molar-refractivity contribution in [3.8, 4) is 0 Å². The first-order valence-corrected chi connectivity index (χ1v) is 7.25. The monoisotopic (exact) mass is 241 g/mol. The molecule has 0 saturated heterocycles. The summed E-state index contributed by atoms with van der Waals surface area (Å²) in [5.74, 6) is 0. The van der Waals surface area contributed by atoms with Gasteiger partial charge in [-0.1, -0.05) is 25.7 Å². The van der Waals surface area contributed by atoms with Crippen LogP contribution in [-0.2, 0) is 9.47 Å². The zero-order valence-electron chi connectivity index (χ0n) is 11.3. The maximum Gasteiger partial charge on any atom is 0.0986 e. The molecule has 0 amide bonds. The van der Waals surface area contributed by atoms with Crippen molar-refractivity contribution in [2.24, 2.45) is 0 Å². The number of nitrogens with one attached hydrogen (secondary N) is 1. The summed E-state index contributed by atoms with van der Waals surface area (Å²) in [5.41, 5.74) is 0. The molecule has 100 valence electrons. The standard InChI is InChI=1S/C14H27NO2/c1-3-17-13-10-12(14(13)16-2)15-11-8-6-4-5-7-9-11/h11-15H,3-10H2,1-2H3. The molecule has 3 unspecified atom stereocenters. The van der Waals surface area contributed by atoms with E-state index in [4.69, 9.17) is 9.47 Å². The molecule has 0 radical (unpaired) electrons. The summed E-state index contributed by atoms with van der Waals surface area (Å²) < 4.78 is 11.2. The molecule has 0 heterocycles. The van der Waals surface area contributed by atoms with Gasteiger partial charge in [-0.2, -0.15) is 0 Å². The largest absolute Gasteiger partial charge is 0.377 e. The molecule has 2 aliphatic carbocycles. The van der Waals surface area contributed by atoms with Crippen molar-refractivity contribution >= 4 is 0 Å². The lowest BCUT2D eigenvalue weighted by molar-refractivity contribution is -0.133. The molecule has 2 rings (SSSR count). The lowest BCUT2D eigenvalue weighted by Gasteiger charge is -2.45. The van der Waals surface area contributed by atoms with E-state index < -0.39 is 0 Å². The highest BCUT2D eigenvalue weighted by Crippen LogP contribution is 2.29. The second kappa shape index (κ2) is 6.72. The third-order valence-corrected chi connectivity index (χ3v) is 4.21. The Morgan fingerprint density at radius 2 is 1.82 bits per heavy atom. The molecule has 17 heavy (non-hydrogen) atoms. The summed E-state index contributed by atoms with van der Waals surface area (Å²) in [6.45, 7) is 2.85. The van der Waals surface area contributed by atoms with Gasteiger partial charge in [-0.15, -0.1) is 0 Å². The first kappa shape index (κ1) is 13.3. The van der Waals surface area contributed by atoms with Gasteiger partial charge in [-0.25, -0.2) is 0 Å². The topological polar surface area (TPSA) is 30.5 Å². The Labute approximate surface area is 105 Å². The molecule has 0 aromatic rings. The molecular formula is C14H27NO2. The van der Waals surface area contributed by atoms with Crippen LogP contribution >= 0.6 is 0 Å². The number of hydrogen-bond acceptors (Lipinski definition) is 3. The van der Waals surface area contributed by atoms with Crippen LogP contribution in [0.1, 0.15) is 51.9 Å². The van der Waals surface area contributed by atoms with Crippen LogP contribution in [0.25, 0.3) is 0 Å². The number of rotatable bonds is 5. The molecule has 0 aromatic heterocycles. The fourth-order valence-corrected chi connectivity index (χ4v) is 3.19. The molecule has 2 fully saturated rings. The molecule has 0 aliphatic heterocycles. The lowest BCUT2D eigenvalue weighted by atomic mass is 9.84. The van der Waals surface area contributed by atoms with E-state index in [1.165, 1.54) is 38.5 Å². The summed E-state index contributed by atoms with van der Waals surface area (Å²) in [5, 5.41) is 3.78. The van der Waals surface area contributed by atoms with Crippen molar-refractivity contribution in [2.45, 2.75) is 76.2 Å². The molecule has 3 atom stereocenters. The molecule has 0 spiro atoms. The molecule has 1 N–H and O–H groups in total. The van der Waals surface area contributed by atoms with Gasteiger partial charge in [0.1, 0.15) is 0 Å². The van der Waals surface area contributed by atoms with E-state index in [1.807, 2.05) is 0 Å². The fraction of sp³-hybridized carbons (Fsp3) is 1.00. The van der Waals surface area contributed by atoms with Crippen LogP contribution in [0.5, 0.6) is 0 Å². The van der Waals surface area contributed by atoms with Crippen molar-refractivity contribution in [3.63, 3.8) is 0 Å². The third kappa shape index (κ3) is 3.43. The first-order chi connectivity index (χ1) is 8.35. The molecule has 0 bridgehead atoms. The Morgan fingerprint density at radius 1 is 1.12 bits per heavy atom. The van der Waals surface area contributed by atoms with Crippen molar-refractivity contribution in [3.05, 3.63) is 0 Å². The van der Waals surface area contributed by atoms with Gasteiger partial charge in [-0.3, -0.25) is 0 Å². The Balaban J connectivity index is 1.75. The molecule has 2 saturated carbocycles. The van der Waals surface area contributed by atoms with Crippen LogP contribution in [0.2, 0.25) is 0 Å². The van der Waals surface area contributed by atoms with Crippen molar-refractivity contribution in [1.29, 1.82) is 0 Å². The van der Waals surface area contributed by atoms with Crippen LogP contribution in [0.4, 0.5) is 0 Å². The predicted molar refractivity (Wildman–Crippen MR) is 69.2 cm³/mol. The molecular weight excluding hydrogens is 214 g/mol. The average Bonchev–Trinajstić information content (AvgIpc) is 2.56. The highest BCUT2D eigenvalue weighted by Gasteiger charge is 2.42. The maximum absolute atomic E-state index is 5.66. The minimum absolute atomic E-state index is 0.262. The zero-order valence-corrected chi connectivity index (χ0v) is 11.3. The first-order valence-electron chi connectivity index (χ1n) is 7.25. The van der Waals surface area contributed by atoms with E-state index in [0.717, 1.165) is 13.0 Å². The third-order valence-electron chi connectivity index (χ3n) is 4.21. The van der Waals surface area contributed by atoms with Crippen LogP contribution < -0.4 is 5.32 Å². The van der Waals surface area contributed by atoms with E-state index in [2.05, 4.69) is 12.2 Å². The number of ether oxygens (including phenoxy) is 2. The molecule has 3 nitrogen and oxygen atoms in total. The summed E-state index contributed by atoms with van der Waals surface area (Å²) >= 11 is 0. The summed E-state index contributed by atoms with van der Waals surface area (Å²) in [6.07, 6.45) is 9.97. The van der Waals surface area contributed by atoms with Gasteiger partial charge in [0.15, 0.2) is 0 Å². The Morgan fingerprint density at radius 3 is 2.41 bits per heavy atom. The smallest absolute Gasteiger partial charge is 0.0986 e. The zero-order chi connectivity index (χ0) is 12.1. The SMILES string of the molecule is CCOC1CC(NC2CCCCCC2)C1OC. The van der Waals surface area contributed by atoms with E-state index in [-0.39, 0.29) is 6.10 Å². The molecule has 0 aromatic carbocycles. The summed E-state index contributed by atoms with van der Waals surface area (Å²) in [7, 11) is 1.80. The van der Waals surface area contributed by atoms with Gasteiger partial charge < -0.3 is 14.8 Å². The minimum Gasteiger partial charge on any atom is -0.377 e. The van der Waals surface area contributed by atoms with E-state index >= 15 is 0 Å². The second-order valence-electron chi connectivity index (χ2n) is 5.39. The quantitative estimate of drug-likeness (QED) is 0.750. The second-order valence-corrected chi connectivity index (χ2v) is 5.39. The van der Waals surface area contributed by atoms with Gasteiger partial charge >= 0.3 is 0 Å². The van der Waals surface area contributed by atoms with Gasteiger partial charge in [0, 0.05) is 25.8 Å². The van der Waals surface area contributed by atoms with Gasteiger partial charge in [0.25, 0.3) is 0 Å². The Hall–Kier alpha value is -0.120. The highest BCUT2D eigenvalue weighted by atomic mass is 16.5. The Kier molecular flexibility index (Phi) is 5.26. The van der Waals surface area contributed by atoms with Gasteiger partial charge in [-0.05, 0) is 26.2 Å². The Bertz CT molecular complexity index is 214. The van der Waals surface area contributed by atoms with E-state index in [1.54, 1.807) is 7.11 Å². The average molecular weight is 241 g/mol. The summed E-state index contributed by atoms with van der Waals surface area (Å²) in [6, 6.07) is 1.22. The fourth-order valence-electron chi connectivity index (χ4n) is 3.19. The van der Waals surface area contributed by atoms with Crippen LogP contribution in [0.15, 0.2) is 0 Å².